The van der Waals surface area contributed by atoms with E-state index in [1.165, 1.54) is 0 Å². The van der Waals surface area contributed by atoms with Gasteiger partial charge < -0.3 is 29.7 Å². The van der Waals surface area contributed by atoms with E-state index in [2.05, 4.69) is 38.4 Å². The van der Waals surface area contributed by atoms with Gasteiger partial charge in [0.05, 0.1) is 5.37 Å². The summed E-state index contributed by atoms with van der Waals surface area (Å²) in [4.78, 5) is 70.3. The molecular weight excluding hydrogens is 701 g/mol. The van der Waals surface area contributed by atoms with E-state index in [-0.39, 0.29) is 42.2 Å². The fourth-order valence-corrected chi connectivity index (χ4v) is 7.91. The number of nitrogens with one attached hydrogen (secondary N) is 4. The van der Waals surface area contributed by atoms with Gasteiger partial charge >= 0.3 is 18.3 Å². The maximum absolute atomic E-state index is 13.6. The minimum absolute atomic E-state index is 0.0979. The number of benzene rings is 2. The number of amides is 5. The number of ether oxygens (including phenoxy) is 3. The molecule has 15 heteroatoms. The van der Waals surface area contributed by atoms with Gasteiger partial charge in [-0.15, -0.1) is 11.8 Å². The van der Waals surface area contributed by atoms with Crippen LogP contribution in [-0.4, -0.2) is 95.1 Å². The lowest BCUT2D eigenvalue weighted by molar-refractivity contribution is -0.143. The van der Waals surface area contributed by atoms with Crippen molar-refractivity contribution < 1.29 is 38.2 Å². The summed E-state index contributed by atoms with van der Waals surface area (Å²) in [5.74, 6) is -0.315. The van der Waals surface area contributed by atoms with Crippen LogP contribution in [0.3, 0.4) is 0 Å². The van der Waals surface area contributed by atoms with Crippen LogP contribution in [-0.2, 0) is 23.8 Å². The summed E-state index contributed by atoms with van der Waals surface area (Å²) < 4.78 is 16.2. The minimum Gasteiger partial charge on any atom is -0.449 e. The molecule has 2 saturated heterocycles. The van der Waals surface area contributed by atoms with Crippen molar-refractivity contribution in [3.8, 4) is 11.1 Å². The molecule has 3 atom stereocenters. The monoisotopic (exact) mass is 750 g/mol. The number of carbonyl (C=O) groups excluding carboxylic acids is 5. The van der Waals surface area contributed by atoms with Gasteiger partial charge in [0.1, 0.15) is 29.9 Å². The zero-order chi connectivity index (χ0) is 38.3. The number of aliphatic imine (C=N–C) groups is 1. The van der Waals surface area contributed by atoms with E-state index in [1.807, 2.05) is 36.4 Å². The number of thioether (sulfide) groups is 1. The number of hydrogen-bond donors (Lipinski definition) is 4. The van der Waals surface area contributed by atoms with Gasteiger partial charge in [-0.05, 0) is 89.5 Å². The lowest BCUT2D eigenvalue weighted by Crippen LogP contribution is -2.59. The van der Waals surface area contributed by atoms with E-state index in [9.17, 15) is 24.0 Å². The van der Waals surface area contributed by atoms with Crippen LogP contribution in [0.5, 0.6) is 0 Å². The first kappa shape index (κ1) is 39.4. The molecule has 3 aliphatic rings. The first-order chi connectivity index (χ1) is 25.1. The smallest absolute Gasteiger partial charge is 0.414 e. The van der Waals surface area contributed by atoms with Crippen molar-refractivity contribution in [2.75, 3.05) is 25.4 Å². The molecule has 2 fully saturated rings. The fourth-order valence-electron chi connectivity index (χ4n) is 6.48. The van der Waals surface area contributed by atoms with Crippen molar-refractivity contribution in [3.05, 3.63) is 59.7 Å². The fraction of sp³-hybridized carbons (Fsp3) is 0.526. The van der Waals surface area contributed by atoms with Crippen LogP contribution >= 0.6 is 11.8 Å². The van der Waals surface area contributed by atoms with Gasteiger partial charge in [-0.25, -0.2) is 14.4 Å². The lowest BCUT2D eigenvalue weighted by atomic mass is 9.98. The Balaban J connectivity index is 1.08. The van der Waals surface area contributed by atoms with E-state index in [0.29, 0.717) is 38.0 Å². The third-order valence-corrected chi connectivity index (χ3v) is 10.0. The van der Waals surface area contributed by atoms with Crippen LogP contribution < -0.4 is 21.3 Å². The van der Waals surface area contributed by atoms with Crippen molar-refractivity contribution >= 4 is 47.8 Å². The molecule has 1 aliphatic carbocycles. The van der Waals surface area contributed by atoms with Gasteiger partial charge in [0, 0.05) is 24.8 Å². The molecule has 0 aromatic heterocycles. The van der Waals surface area contributed by atoms with E-state index >= 15 is 0 Å². The van der Waals surface area contributed by atoms with Crippen molar-refractivity contribution in [1.29, 1.82) is 0 Å². The lowest BCUT2D eigenvalue weighted by Gasteiger charge is -2.36. The predicted molar refractivity (Wildman–Crippen MR) is 201 cm³/mol. The van der Waals surface area contributed by atoms with Crippen LogP contribution in [0.15, 0.2) is 53.5 Å². The third-order valence-electron chi connectivity index (χ3n) is 8.68. The first-order valence-electron chi connectivity index (χ1n) is 18.0. The Labute approximate surface area is 314 Å². The summed E-state index contributed by atoms with van der Waals surface area (Å²) in [6.07, 6.45) is -0.0594. The molecule has 286 valence electrons. The molecule has 14 nitrogen and oxygen atoms in total. The summed E-state index contributed by atoms with van der Waals surface area (Å²) in [6.45, 7) is 11.0. The van der Waals surface area contributed by atoms with Crippen molar-refractivity contribution in [2.45, 2.75) is 102 Å². The molecular formula is C38H50N6O8S. The van der Waals surface area contributed by atoms with E-state index < -0.39 is 41.6 Å². The summed E-state index contributed by atoms with van der Waals surface area (Å²) in [6, 6.07) is 14.7. The van der Waals surface area contributed by atoms with Crippen molar-refractivity contribution in [1.82, 2.24) is 26.2 Å². The molecule has 0 spiro atoms. The van der Waals surface area contributed by atoms with E-state index in [0.717, 1.165) is 22.3 Å². The van der Waals surface area contributed by atoms with Crippen LogP contribution in [0.4, 0.5) is 14.4 Å². The number of carbonyl (C=O) groups is 5. The van der Waals surface area contributed by atoms with Crippen LogP contribution in [0, 0.1) is 0 Å². The molecule has 2 aromatic rings. The number of rotatable bonds is 9. The highest BCUT2D eigenvalue weighted by Gasteiger charge is 2.47. The molecule has 0 bridgehead atoms. The zero-order valence-corrected chi connectivity index (χ0v) is 32.0. The second kappa shape index (κ2) is 16.9. The van der Waals surface area contributed by atoms with Gasteiger partial charge in [-0.2, -0.15) is 0 Å². The Bertz CT molecular complexity index is 1640. The quantitative estimate of drug-likeness (QED) is 0.115. The van der Waals surface area contributed by atoms with Gasteiger partial charge in [-0.1, -0.05) is 48.5 Å². The topological polar surface area (TPSA) is 177 Å². The number of fused-ring (bicyclic) bond motifs is 4. The number of piperidine rings is 1. The Morgan fingerprint density at radius 3 is 2.00 bits per heavy atom. The average molecular weight is 751 g/mol. The van der Waals surface area contributed by atoms with Gasteiger partial charge in [0.25, 0.3) is 0 Å². The Morgan fingerprint density at radius 2 is 1.42 bits per heavy atom. The van der Waals surface area contributed by atoms with E-state index in [1.54, 1.807) is 58.2 Å². The van der Waals surface area contributed by atoms with Gasteiger partial charge in [0.2, 0.25) is 17.8 Å². The first-order valence-corrected chi connectivity index (χ1v) is 19.0. The second-order valence-electron chi connectivity index (χ2n) is 15.1. The van der Waals surface area contributed by atoms with Crippen molar-refractivity contribution in [2.24, 2.45) is 4.99 Å². The molecule has 4 N–H and O–H groups in total. The Hall–Kier alpha value is -4.79. The number of hydrogen-bond acceptors (Lipinski definition) is 10. The predicted octanol–water partition coefficient (Wildman–Crippen LogP) is 5.26. The molecule has 0 saturated carbocycles. The standard InChI is InChI=1S/C38H50N6O8S/c1-37(2,3)51-35(48)42-33(43-36(49)52-38(4,5)6)40-20-12-11-19-39-31(45)29-22-53-30-18-17-28(32(46)44(29)30)41-34(47)50-21-27-25-15-9-7-13-23(25)24-14-8-10-16-26(24)27/h7-10,13-16,27-30H,11-12,17-22H2,1-6H3,(H,39,45)(H,41,47)(H2,40,42,43,48,49)/t28-,29-,30-/m0/s1. The van der Waals surface area contributed by atoms with Crippen LogP contribution in [0.2, 0.25) is 0 Å². The van der Waals surface area contributed by atoms with Crippen LogP contribution in [0.25, 0.3) is 11.1 Å². The Morgan fingerprint density at radius 1 is 0.830 bits per heavy atom. The Kier molecular flexibility index (Phi) is 12.6. The number of alkyl carbamates (subject to hydrolysis) is 3. The highest BCUT2D eigenvalue weighted by molar-refractivity contribution is 8.00. The van der Waals surface area contributed by atoms with Crippen molar-refractivity contribution in [3.63, 3.8) is 0 Å². The number of unbranched alkanes of at least 4 members (excludes halogenated alkanes) is 1. The number of guanidine groups is 1. The highest BCUT2D eigenvalue weighted by atomic mass is 32.2. The molecule has 2 heterocycles. The molecule has 53 heavy (non-hydrogen) atoms. The molecule has 0 radical (unpaired) electrons. The minimum atomic E-state index is -0.786. The normalized spacial score (nSPS) is 19.2. The number of nitrogens with zero attached hydrogens (tertiary/aromatic N) is 2. The zero-order valence-electron chi connectivity index (χ0n) is 31.2. The van der Waals surface area contributed by atoms with Gasteiger partial charge in [-0.3, -0.25) is 25.2 Å². The summed E-state index contributed by atoms with van der Waals surface area (Å²) in [5.41, 5.74) is 2.95. The molecule has 2 aliphatic heterocycles. The summed E-state index contributed by atoms with van der Waals surface area (Å²) in [5, 5.41) is 10.4. The second-order valence-corrected chi connectivity index (χ2v) is 16.3. The molecule has 5 amide bonds. The SMILES string of the molecule is CC(C)(C)OC(=O)NC(=NCCCCNC(=O)[C@@H]1CS[C@H]2CC[C@H](NC(=O)OCC3c4ccccc4-c4ccccc43)C(=O)N21)NC(=O)OC(C)(C)C. The third kappa shape index (κ3) is 10.6. The summed E-state index contributed by atoms with van der Waals surface area (Å²) in [7, 11) is 0. The summed E-state index contributed by atoms with van der Waals surface area (Å²) >= 11 is 1.56. The molecule has 5 rings (SSSR count). The van der Waals surface area contributed by atoms with Crippen LogP contribution in [0.1, 0.15) is 84.3 Å². The van der Waals surface area contributed by atoms with Gasteiger partial charge in [0.15, 0.2) is 0 Å². The maximum atomic E-state index is 13.6. The largest absolute Gasteiger partial charge is 0.449 e. The average Bonchev–Trinajstić information content (AvgIpc) is 3.65. The molecule has 2 aromatic carbocycles. The molecule has 0 unspecified atom stereocenters. The maximum Gasteiger partial charge on any atom is 0.414 e. The highest BCUT2D eigenvalue weighted by Crippen LogP contribution is 2.44. The van der Waals surface area contributed by atoms with E-state index in [4.69, 9.17) is 14.2 Å².